The number of unbranched alkanes of at least 4 members (excludes halogenated alkanes) is 19. The number of aliphatic hydroxyl groups excluding tert-OH is 1. The van der Waals surface area contributed by atoms with E-state index in [2.05, 4.69) is 43.2 Å². The number of esters is 2. The van der Waals surface area contributed by atoms with Crippen molar-refractivity contribution in [2.75, 3.05) is 53.6 Å². The average Bonchev–Trinajstić information content (AvgIpc) is 3.24. The van der Waals surface area contributed by atoms with Crippen LogP contribution in [0.5, 0.6) is 0 Å². The van der Waals surface area contributed by atoms with E-state index in [1.807, 2.05) is 14.1 Å². The highest BCUT2D eigenvalue weighted by molar-refractivity contribution is 5.76. The van der Waals surface area contributed by atoms with Crippen LogP contribution in [0, 0.1) is 11.8 Å². The zero-order valence-corrected chi connectivity index (χ0v) is 41.1. The first-order chi connectivity index (χ1) is 29.7. The van der Waals surface area contributed by atoms with Crippen molar-refractivity contribution in [3.8, 4) is 0 Å². The predicted molar refractivity (Wildman–Crippen MR) is 256 cm³/mol. The molecule has 2 unspecified atom stereocenters. The summed E-state index contributed by atoms with van der Waals surface area (Å²) < 4.78 is 11.1. The molecule has 0 aromatic carbocycles. The number of hydrogen-bond acceptors (Lipinski definition) is 8. The summed E-state index contributed by atoms with van der Waals surface area (Å²) in [5.74, 6) is 0.186. The Balaban J connectivity index is 0. The van der Waals surface area contributed by atoms with Gasteiger partial charge in [-0.25, -0.2) is 0 Å². The van der Waals surface area contributed by atoms with Crippen LogP contribution >= 0.6 is 0 Å². The lowest BCUT2D eigenvalue weighted by molar-refractivity contribution is -0.150. The second kappa shape index (κ2) is 48.8. The molecule has 0 rings (SSSR count). The zero-order chi connectivity index (χ0) is 45.4. The van der Waals surface area contributed by atoms with Crippen LogP contribution in [0.15, 0.2) is 0 Å². The molecule has 0 aliphatic rings. The van der Waals surface area contributed by atoms with Crippen LogP contribution in [-0.2, 0) is 28.7 Å². The van der Waals surface area contributed by atoms with Gasteiger partial charge in [0.05, 0.1) is 25.0 Å². The first-order valence-electron chi connectivity index (χ1n) is 25.8. The summed E-state index contributed by atoms with van der Waals surface area (Å²) in [5, 5.41) is 14.6. The van der Waals surface area contributed by atoms with Crippen LogP contribution in [0.4, 0.5) is 0 Å². The maximum atomic E-state index is 12.7. The third kappa shape index (κ3) is 45.6. The predicted octanol–water partition coefficient (Wildman–Crippen LogP) is 12.0. The minimum absolute atomic E-state index is 0.0144. The third-order valence-corrected chi connectivity index (χ3v) is 11.4. The van der Waals surface area contributed by atoms with Gasteiger partial charge in [-0.1, -0.05) is 156 Å². The van der Waals surface area contributed by atoms with Crippen molar-refractivity contribution in [1.82, 2.24) is 15.5 Å². The number of ether oxygens (including phenoxy) is 2. The third-order valence-electron chi connectivity index (χ3n) is 11.4. The van der Waals surface area contributed by atoms with E-state index < -0.39 is 0 Å². The minimum Gasteiger partial charge on any atom is -0.465 e. The Hall–Kier alpha value is -2.20. The van der Waals surface area contributed by atoms with Gasteiger partial charge < -0.3 is 30.1 Å². The fraction of sp³-hybridized carbons (Fsp3) is 0.922. The van der Waals surface area contributed by atoms with Gasteiger partial charge >= 0.3 is 11.9 Å². The Labute approximate surface area is 377 Å². The van der Waals surface area contributed by atoms with Gasteiger partial charge in [-0.3, -0.25) is 19.2 Å². The zero-order valence-electron chi connectivity index (χ0n) is 41.1. The summed E-state index contributed by atoms with van der Waals surface area (Å²) in [4.78, 5) is 50.8. The molecule has 10 nitrogen and oxygen atoms in total. The SMILES string of the molecule is CCCCCCCCC(CCCCCC)C(=O)OCCCCC(=O)NCCCNC(=O)CCCN(C)C.CCCCCCCCC(CCCCCC)C(=O)OCCCCCO. The second-order valence-electron chi connectivity index (χ2n) is 17.7. The molecule has 0 aliphatic heterocycles. The molecule has 61 heavy (non-hydrogen) atoms. The van der Waals surface area contributed by atoms with Crippen LogP contribution < -0.4 is 10.6 Å². The van der Waals surface area contributed by atoms with Crippen molar-refractivity contribution in [2.45, 2.75) is 240 Å². The monoisotopic (exact) mass is 868 g/mol. The molecular weight excluding hydrogens is 767 g/mol. The molecule has 0 saturated carbocycles. The van der Waals surface area contributed by atoms with Gasteiger partial charge in [0, 0.05) is 32.5 Å². The summed E-state index contributed by atoms with van der Waals surface area (Å²) in [6, 6.07) is 0. The maximum absolute atomic E-state index is 12.7. The molecule has 0 spiro atoms. The van der Waals surface area contributed by atoms with E-state index in [-0.39, 0.29) is 42.2 Å². The van der Waals surface area contributed by atoms with Crippen LogP contribution in [0.2, 0.25) is 0 Å². The minimum atomic E-state index is -0.0433. The van der Waals surface area contributed by atoms with E-state index in [0.29, 0.717) is 52.0 Å². The van der Waals surface area contributed by atoms with Gasteiger partial charge in [0.25, 0.3) is 0 Å². The summed E-state index contributed by atoms with van der Waals surface area (Å²) in [6.07, 6.45) is 35.1. The largest absolute Gasteiger partial charge is 0.465 e. The lowest BCUT2D eigenvalue weighted by Gasteiger charge is -2.16. The van der Waals surface area contributed by atoms with Crippen LogP contribution in [0.1, 0.15) is 240 Å². The number of nitrogens with zero attached hydrogens (tertiary/aromatic N) is 1. The van der Waals surface area contributed by atoms with E-state index >= 15 is 0 Å². The second-order valence-corrected chi connectivity index (χ2v) is 17.7. The van der Waals surface area contributed by atoms with E-state index in [1.54, 1.807) is 0 Å². The standard InChI is InChI=1S/C30H59N3O4.C21H42O3/c1-5-7-9-11-12-14-20-27(19-13-10-8-6-2)30(36)37-26-16-15-21-28(34)31-23-18-24-32-29(35)22-17-25-33(3)4;1-3-5-7-9-10-13-17-20(16-12-8-6-4-2)21(23)24-19-15-11-14-18-22/h27H,5-26H2,1-4H3,(H,31,34)(H,32,35);20,22H,3-19H2,1-2H3. The van der Waals surface area contributed by atoms with Crippen molar-refractivity contribution in [3.05, 3.63) is 0 Å². The number of amides is 2. The Kier molecular flexibility index (Phi) is 48.7. The number of hydrogen-bond donors (Lipinski definition) is 3. The highest BCUT2D eigenvalue weighted by Gasteiger charge is 2.20. The smallest absolute Gasteiger partial charge is 0.308 e. The van der Waals surface area contributed by atoms with E-state index in [1.165, 1.54) is 103 Å². The van der Waals surface area contributed by atoms with Gasteiger partial charge in [0.15, 0.2) is 0 Å². The summed E-state index contributed by atoms with van der Waals surface area (Å²) >= 11 is 0. The quantitative estimate of drug-likeness (QED) is 0.0407. The highest BCUT2D eigenvalue weighted by atomic mass is 16.5. The van der Waals surface area contributed by atoms with E-state index in [9.17, 15) is 19.2 Å². The molecule has 0 heterocycles. The van der Waals surface area contributed by atoms with Crippen molar-refractivity contribution >= 4 is 23.8 Å². The van der Waals surface area contributed by atoms with Gasteiger partial charge in [0.2, 0.25) is 11.8 Å². The Morgan fingerprint density at radius 3 is 1.18 bits per heavy atom. The van der Waals surface area contributed by atoms with Crippen molar-refractivity contribution in [1.29, 1.82) is 0 Å². The fourth-order valence-corrected chi connectivity index (χ4v) is 7.37. The number of carbonyl (C=O) groups is 4. The number of aliphatic hydroxyl groups is 1. The van der Waals surface area contributed by atoms with Gasteiger partial charge in [-0.2, -0.15) is 0 Å². The summed E-state index contributed by atoms with van der Waals surface area (Å²) in [6.45, 7) is 12.1. The van der Waals surface area contributed by atoms with Crippen LogP contribution in [0.25, 0.3) is 0 Å². The van der Waals surface area contributed by atoms with Crippen molar-refractivity contribution in [2.24, 2.45) is 11.8 Å². The van der Waals surface area contributed by atoms with Crippen molar-refractivity contribution < 1.29 is 33.8 Å². The van der Waals surface area contributed by atoms with Gasteiger partial charge in [0.1, 0.15) is 0 Å². The Bertz CT molecular complexity index is 980. The van der Waals surface area contributed by atoms with Crippen LogP contribution in [-0.4, -0.2) is 87.3 Å². The number of rotatable bonds is 44. The number of carbonyl (C=O) groups excluding carboxylic acids is 4. The molecule has 2 amide bonds. The molecule has 362 valence electrons. The topological polar surface area (TPSA) is 134 Å². The normalized spacial score (nSPS) is 12.1. The Morgan fingerprint density at radius 2 is 0.787 bits per heavy atom. The molecular formula is C51H101N3O7. The Morgan fingerprint density at radius 1 is 0.443 bits per heavy atom. The molecule has 0 saturated heterocycles. The molecule has 0 aromatic heterocycles. The molecule has 2 atom stereocenters. The highest BCUT2D eigenvalue weighted by Crippen LogP contribution is 2.22. The van der Waals surface area contributed by atoms with Crippen LogP contribution in [0.3, 0.4) is 0 Å². The van der Waals surface area contributed by atoms with Gasteiger partial charge in [-0.05, 0) is 91.3 Å². The van der Waals surface area contributed by atoms with E-state index in [4.69, 9.17) is 14.6 Å². The lowest BCUT2D eigenvalue weighted by Crippen LogP contribution is -2.30. The average molecular weight is 868 g/mol. The van der Waals surface area contributed by atoms with Gasteiger partial charge in [-0.15, -0.1) is 0 Å². The molecule has 3 N–H and O–H groups in total. The summed E-state index contributed by atoms with van der Waals surface area (Å²) in [7, 11) is 3.99. The first kappa shape index (κ1) is 60.9. The van der Waals surface area contributed by atoms with Crippen molar-refractivity contribution in [3.63, 3.8) is 0 Å². The molecule has 0 fully saturated rings. The maximum Gasteiger partial charge on any atom is 0.308 e. The molecule has 0 aromatic rings. The molecule has 0 radical (unpaired) electrons. The molecule has 0 bridgehead atoms. The first-order valence-corrected chi connectivity index (χ1v) is 25.8. The molecule has 0 aliphatic carbocycles. The summed E-state index contributed by atoms with van der Waals surface area (Å²) in [5.41, 5.74) is 0. The number of nitrogens with one attached hydrogen (secondary N) is 2. The van der Waals surface area contributed by atoms with E-state index in [0.717, 1.165) is 90.0 Å². The lowest BCUT2D eigenvalue weighted by atomic mass is 9.94. The fourth-order valence-electron chi connectivity index (χ4n) is 7.37. The molecule has 10 heteroatoms.